The topological polar surface area (TPSA) is 92.1 Å². The summed E-state index contributed by atoms with van der Waals surface area (Å²) in [6.07, 6.45) is 1.94. The van der Waals surface area contributed by atoms with Crippen molar-refractivity contribution in [3.63, 3.8) is 0 Å². The molecular weight excluding hydrogens is 328 g/mol. The molecule has 0 aliphatic carbocycles. The Morgan fingerprint density at radius 3 is 2.54 bits per heavy atom. The van der Waals surface area contributed by atoms with E-state index in [1.54, 1.807) is 11.8 Å². The van der Waals surface area contributed by atoms with Crippen molar-refractivity contribution in [2.45, 2.75) is 58.9 Å². The molecule has 0 radical (unpaired) electrons. The number of aromatic nitrogens is 2. The van der Waals surface area contributed by atoms with Gasteiger partial charge in [0.25, 0.3) is 11.5 Å². The Labute approximate surface area is 149 Å². The van der Waals surface area contributed by atoms with Gasteiger partial charge in [-0.15, -0.1) is 12.4 Å². The van der Waals surface area contributed by atoms with E-state index in [4.69, 9.17) is 5.73 Å². The first-order valence-corrected chi connectivity index (χ1v) is 8.27. The van der Waals surface area contributed by atoms with E-state index in [1.165, 1.54) is 0 Å². The lowest BCUT2D eigenvalue weighted by Gasteiger charge is -2.34. The van der Waals surface area contributed by atoms with Crippen LogP contribution < -0.4 is 11.3 Å². The summed E-state index contributed by atoms with van der Waals surface area (Å²) in [6, 6.07) is 0.0476. The number of rotatable bonds is 2. The van der Waals surface area contributed by atoms with Crippen LogP contribution >= 0.6 is 12.4 Å². The fraction of sp³-hybridized carbons (Fsp3) is 0.706. The van der Waals surface area contributed by atoms with E-state index in [0.717, 1.165) is 12.8 Å². The highest BCUT2D eigenvalue weighted by molar-refractivity contribution is 5.94. The SMILES string of the molecule is Cc1nc(C(C)(C)C)[nH]c(=O)c1C(=O)N1CCCC(C(C)N)C1.Cl. The van der Waals surface area contributed by atoms with Crippen LogP contribution in [-0.4, -0.2) is 39.9 Å². The van der Waals surface area contributed by atoms with Gasteiger partial charge in [0.05, 0.1) is 5.69 Å². The Balaban J connectivity index is 0.00000288. The fourth-order valence-corrected chi connectivity index (χ4v) is 2.97. The molecule has 24 heavy (non-hydrogen) atoms. The van der Waals surface area contributed by atoms with Crippen LogP contribution in [0.3, 0.4) is 0 Å². The van der Waals surface area contributed by atoms with Crippen LogP contribution in [0.25, 0.3) is 0 Å². The number of nitrogens with two attached hydrogens (primary N) is 1. The summed E-state index contributed by atoms with van der Waals surface area (Å²) in [6.45, 7) is 10.9. The summed E-state index contributed by atoms with van der Waals surface area (Å²) in [5.41, 5.74) is 6.01. The maximum atomic E-state index is 12.8. The normalized spacial score (nSPS) is 19.6. The molecule has 1 aromatic heterocycles. The number of carbonyl (C=O) groups excluding carboxylic acids is 1. The number of aromatic amines is 1. The molecule has 0 spiro atoms. The summed E-state index contributed by atoms with van der Waals surface area (Å²) < 4.78 is 0. The maximum absolute atomic E-state index is 12.8. The van der Waals surface area contributed by atoms with Crippen LogP contribution in [0, 0.1) is 12.8 Å². The minimum Gasteiger partial charge on any atom is -0.338 e. The third-order valence-corrected chi connectivity index (χ3v) is 4.51. The number of halogens is 1. The lowest BCUT2D eigenvalue weighted by Crippen LogP contribution is -2.46. The van der Waals surface area contributed by atoms with Crippen molar-refractivity contribution in [2.24, 2.45) is 11.7 Å². The molecular formula is C17H29ClN4O2. The molecule has 1 aromatic rings. The quantitative estimate of drug-likeness (QED) is 0.847. The molecule has 1 saturated heterocycles. The third-order valence-electron chi connectivity index (χ3n) is 4.51. The lowest BCUT2D eigenvalue weighted by molar-refractivity contribution is 0.0657. The van der Waals surface area contributed by atoms with Gasteiger partial charge in [0.15, 0.2) is 0 Å². The van der Waals surface area contributed by atoms with Gasteiger partial charge in [-0.1, -0.05) is 20.8 Å². The Morgan fingerprint density at radius 1 is 1.42 bits per heavy atom. The van der Waals surface area contributed by atoms with Crippen molar-refractivity contribution >= 4 is 18.3 Å². The molecule has 3 N–H and O–H groups in total. The molecule has 2 heterocycles. The second-order valence-corrected chi connectivity index (χ2v) is 7.64. The first kappa shape index (κ1) is 20.6. The molecule has 1 aliphatic heterocycles. The number of piperidine rings is 1. The second-order valence-electron chi connectivity index (χ2n) is 7.64. The molecule has 7 heteroatoms. The molecule has 0 aromatic carbocycles. The molecule has 2 unspecified atom stereocenters. The summed E-state index contributed by atoms with van der Waals surface area (Å²) >= 11 is 0. The Bertz CT molecular complexity index is 649. The Kier molecular flexibility index (Phi) is 6.59. The van der Waals surface area contributed by atoms with E-state index in [2.05, 4.69) is 9.97 Å². The van der Waals surface area contributed by atoms with Crippen molar-refractivity contribution in [2.75, 3.05) is 13.1 Å². The monoisotopic (exact) mass is 356 g/mol. The van der Waals surface area contributed by atoms with Gasteiger partial charge in [0.2, 0.25) is 0 Å². The number of nitrogens with zero attached hydrogens (tertiary/aromatic N) is 2. The van der Waals surface area contributed by atoms with E-state index >= 15 is 0 Å². The second kappa shape index (κ2) is 7.66. The predicted molar refractivity (Wildman–Crippen MR) is 97.8 cm³/mol. The summed E-state index contributed by atoms with van der Waals surface area (Å²) in [5, 5.41) is 0. The van der Waals surface area contributed by atoms with Crippen molar-refractivity contribution in [1.82, 2.24) is 14.9 Å². The number of hydrogen-bond donors (Lipinski definition) is 2. The first-order chi connectivity index (χ1) is 10.6. The number of likely N-dealkylation sites (tertiary alicyclic amines) is 1. The smallest absolute Gasteiger partial charge is 0.264 e. The van der Waals surface area contributed by atoms with Gasteiger partial charge >= 0.3 is 0 Å². The first-order valence-electron chi connectivity index (χ1n) is 8.27. The number of aryl methyl sites for hydroxylation is 1. The van der Waals surface area contributed by atoms with Crippen molar-refractivity contribution in [3.8, 4) is 0 Å². The highest BCUT2D eigenvalue weighted by Crippen LogP contribution is 2.21. The van der Waals surface area contributed by atoms with E-state index < -0.39 is 0 Å². The lowest BCUT2D eigenvalue weighted by atomic mass is 9.91. The summed E-state index contributed by atoms with van der Waals surface area (Å²) in [4.78, 5) is 34.2. The van der Waals surface area contributed by atoms with Crippen LogP contribution in [0.4, 0.5) is 0 Å². The van der Waals surface area contributed by atoms with E-state index in [0.29, 0.717) is 24.6 Å². The average Bonchev–Trinajstić information content (AvgIpc) is 2.45. The third kappa shape index (κ3) is 4.36. The molecule has 136 valence electrons. The zero-order chi connectivity index (χ0) is 17.4. The largest absolute Gasteiger partial charge is 0.338 e. The van der Waals surface area contributed by atoms with Crippen LogP contribution in [0.15, 0.2) is 4.79 Å². The van der Waals surface area contributed by atoms with Crippen molar-refractivity contribution in [3.05, 3.63) is 27.4 Å². The number of nitrogens with one attached hydrogen (secondary N) is 1. The van der Waals surface area contributed by atoms with Gasteiger partial charge in [0.1, 0.15) is 11.4 Å². The Morgan fingerprint density at radius 2 is 2.04 bits per heavy atom. The van der Waals surface area contributed by atoms with Gasteiger partial charge in [-0.05, 0) is 32.6 Å². The molecule has 1 aliphatic rings. The number of carbonyl (C=O) groups is 1. The molecule has 0 bridgehead atoms. The number of hydrogen-bond acceptors (Lipinski definition) is 4. The molecule has 1 fully saturated rings. The van der Waals surface area contributed by atoms with E-state index in [9.17, 15) is 9.59 Å². The Hall–Kier alpha value is -1.40. The highest BCUT2D eigenvalue weighted by Gasteiger charge is 2.30. The van der Waals surface area contributed by atoms with Gasteiger partial charge in [-0.2, -0.15) is 0 Å². The number of amides is 1. The molecule has 1 amide bonds. The minimum absolute atomic E-state index is 0. The number of H-pyrrole nitrogens is 1. The van der Waals surface area contributed by atoms with Gasteiger partial charge < -0.3 is 15.6 Å². The highest BCUT2D eigenvalue weighted by atomic mass is 35.5. The average molecular weight is 357 g/mol. The van der Waals surface area contributed by atoms with Crippen LogP contribution in [0.5, 0.6) is 0 Å². The van der Waals surface area contributed by atoms with Crippen molar-refractivity contribution < 1.29 is 4.79 Å². The standard InChI is InChI=1S/C17H28N4O2.ClH/c1-10(18)12-7-6-8-21(9-12)15(23)13-11(2)19-16(17(3,4)5)20-14(13)22;/h10,12H,6-9,18H2,1-5H3,(H,19,20,22);1H. The van der Waals surface area contributed by atoms with Crippen LogP contribution in [0.1, 0.15) is 62.4 Å². The van der Waals surface area contributed by atoms with Gasteiger partial charge in [-0.25, -0.2) is 4.98 Å². The van der Waals surface area contributed by atoms with E-state index in [-0.39, 0.29) is 46.8 Å². The minimum atomic E-state index is -0.352. The van der Waals surface area contributed by atoms with Crippen molar-refractivity contribution in [1.29, 1.82) is 0 Å². The van der Waals surface area contributed by atoms with Gasteiger partial charge in [-0.3, -0.25) is 9.59 Å². The maximum Gasteiger partial charge on any atom is 0.264 e. The van der Waals surface area contributed by atoms with E-state index in [1.807, 2.05) is 27.7 Å². The fourth-order valence-electron chi connectivity index (χ4n) is 2.97. The molecule has 6 nitrogen and oxygen atoms in total. The van der Waals surface area contributed by atoms with Gasteiger partial charge in [0, 0.05) is 24.5 Å². The summed E-state index contributed by atoms with van der Waals surface area (Å²) in [5.74, 6) is 0.652. The summed E-state index contributed by atoms with van der Waals surface area (Å²) in [7, 11) is 0. The van der Waals surface area contributed by atoms with Crippen LogP contribution in [-0.2, 0) is 5.41 Å². The zero-order valence-corrected chi connectivity index (χ0v) is 16.0. The van der Waals surface area contributed by atoms with Crippen LogP contribution in [0.2, 0.25) is 0 Å². The molecule has 0 saturated carbocycles. The zero-order valence-electron chi connectivity index (χ0n) is 15.2. The molecule has 2 atom stereocenters. The predicted octanol–water partition coefficient (Wildman–Crippen LogP) is 2.00. The molecule has 2 rings (SSSR count).